The molecule has 1 amide bonds. The van der Waals surface area contributed by atoms with Gasteiger partial charge >= 0.3 is 5.97 Å². The van der Waals surface area contributed by atoms with Crippen molar-refractivity contribution in [2.45, 2.75) is 25.8 Å². The van der Waals surface area contributed by atoms with Crippen molar-refractivity contribution in [3.8, 4) is 0 Å². The molecule has 112 valence electrons. The van der Waals surface area contributed by atoms with E-state index < -0.39 is 28.6 Å². The van der Waals surface area contributed by atoms with Crippen LogP contribution in [0.2, 0.25) is 0 Å². The molecule has 1 fully saturated rings. The molecule has 5 nitrogen and oxygen atoms in total. The average Bonchev–Trinajstić information content (AvgIpc) is 2.95. The van der Waals surface area contributed by atoms with E-state index in [2.05, 4.69) is 5.32 Å². The Bertz CT molecular complexity index is 462. The molecule has 20 heavy (non-hydrogen) atoms. The van der Waals surface area contributed by atoms with Gasteiger partial charge in [-0.15, -0.1) is 0 Å². The Hall–Kier alpha value is -1.17. The van der Waals surface area contributed by atoms with Crippen LogP contribution < -0.4 is 5.32 Å². The molecular weight excluding hydrogens is 278 g/mol. The number of aliphatic carboxylic acids is 1. The maximum atomic E-state index is 12.3. The molecule has 0 spiro atoms. The minimum absolute atomic E-state index is 0.00768. The molecule has 0 aromatic carbocycles. The third-order valence-corrected chi connectivity index (χ3v) is 5.08. The van der Waals surface area contributed by atoms with Crippen LogP contribution in [0.25, 0.3) is 0 Å². The SMILES string of the molecule is CC(CCS(C)=O)NC(=O)[C@H]1C2C=CC(C2)[C@H]1C(=O)O. The van der Waals surface area contributed by atoms with Crippen LogP contribution in [0.1, 0.15) is 19.8 Å². The standard InChI is InChI=1S/C14H21NO4S/c1-8(5-6-20(2)19)15-13(16)11-9-3-4-10(7-9)12(11)14(17)18/h3-4,8-12H,5-7H2,1-2H3,(H,15,16)(H,17,18)/t8?,9?,10?,11-,12+,20?/m0/s1. The van der Waals surface area contributed by atoms with E-state index >= 15 is 0 Å². The zero-order valence-electron chi connectivity index (χ0n) is 11.7. The number of hydrogen-bond acceptors (Lipinski definition) is 3. The van der Waals surface area contributed by atoms with Crippen LogP contribution in [-0.4, -0.2) is 39.2 Å². The minimum atomic E-state index is -0.885. The Morgan fingerprint density at radius 1 is 1.35 bits per heavy atom. The van der Waals surface area contributed by atoms with E-state index in [1.807, 2.05) is 19.1 Å². The number of carbonyl (C=O) groups excluding carboxylic acids is 1. The van der Waals surface area contributed by atoms with Gasteiger partial charge in [-0.05, 0) is 31.6 Å². The number of amides is 1. The fraction of sp³-hybridized carbons (Fsp3) is 0.714. The van der Waals surface area contributed by atoms with Crippen molar-refractivity contribution in [3.63, 3.8) is 0 Å². The summed E-state index contributed by atoms with van der Waals surface area (Å²) in [5.41, 5.74) is 0. The summed E-state index contributed by atoms with van der Waals surface area (Å²) < 4.78 is 11.0. The molecule has 2 bridgehead atoms. The molecule has 1 saturated carbocycles. The highest BCUT2D eigenvalue weighted by molar-refractivity contribution is 7.84. The van der Waals surface area contributed by atoms with Gasteiger partial charge in [-0.25, -0.2) is 0 Å². The van der Waals surface area contributed by atoms with E-state index in [4.69, 9.17) is 0 Å². The van der Waals surface area contributed by atoms with Gasteiger partial charge in [-0.2, -0.15) is 0 Å². The van der Waals surface area contributed by atoms with E-state index in [1.165, 1.54) is 0 Å². The Labute approximate surface area is 121 Å². The number of carboxylic acid groups (broad SMARTS) is 1. The molecular formula is C14H21NO4S. The van der Waals surface area contributed by atoms with Crippen LogP contribution in [0, 0.1) is 23.7 Å². The summed E-state index contributed by atoms with van der Waals surface area (Å²) in [6, 6.07) is -0.0797. The molecule has 6 atom stereocenters. The molecule has 0 aromatic rings. The second-order valence-electron chi connectivity index (χ2n) is 5.81. The average molecular weight is 299 g/mol. The van der Waals surface area contributed by atoms with Crippen molar-refractivity contribution >= 4 is 22.7 Å². The molecule has 2 aliphatic carbocycles. The lowest BCUT2D eigenvalue weighted by Crippen LogP contribution is -2.43. The number of rotatable bonds is 6. The van der Waals surface area contributed by atoms with Crippen LogP contribution in [0.3, 0.4) is 0 Å². The van der Waals surface area contributed by atoms with Crippen LogP contribution >= 0.6 is 0 Å². The first kappa shape index (κ1) is 15.2. The number of hydrogen-bond donors (Lipinski definition) is 2. The molecule has 0 aliphatic heterocycles. The zero-order chi connectivity index (χ0) is 14.9. The van der Waals surface area contributed by atoms with Crippen molar-refractivity contribution in [2.75, 3.05) is 12.0 Å². The van der Waals surface area contributed by atoms with Gasteiger partial charge in [0.2, 0.25) is 5.91 Å². The van der Waals surface area contributed by atoms with E-state index in [0.717, 1.165) is 6.42 Å². The van der Waals surface area contributed by atoms with Gasteiger partial charge < -0.3 is 10.4 Å². The predicted octanol–water partition coefficient (Wildman–Crippen LogP) is 0.783. The Morgan fingerprint density at radius 3 is 2.50 bits per heavy atom. The highest BCUT2D eigenvalue weighted by atomic mass is 32.2. The normalized spacial score (nSPS) is 33.9. The first-order valence-electron chi connectivity index (χ1n) is 6.91. The highest BCUT2D eigenvalue weighted by Gasteiger charge is 2.51. The summed E-state index contributed by atoms with van der Waals surface area (Å²) in [6.07, 6.45) is 6.94. The lowest BCUT2D eigenvalue weighted by Gasteiger charge is -2.25. The molecule has 0 saturated heterocycles. The Balaban J connectivity index is 1.96. The molecule has 0 heterocycles. The van der Waals surface area contributed by atoms with E-state index in [0.29, 0.717) is 12.2 Å². The van der Waals surface area contributed by atoms with Gasteiger partial charge in [0.15, 0.2) is 0 Å². The van der Waals surface area contributed by atoms with Gasteiger partial charge in [0, 0.05) is 28.9 Å². The van der Waals surface area contributed by atoms with E-state index in [1.54, 1.807) is 6.26 Å². The summed E-state index contributed by atoms with van der Waals surface area (Å²) in [7, 11) is -0.875. The number of carbonyl (C=O) groups is 2. The van der Waals surface area contributed by atoms with Crippen LogP contribution in [-0.2, 0) is 20.4 Å². The lowest BCUT2D eigenvalue weighted by molar-refractivity contribution is -0.148. The van der Waals surface area contributed by atoms with E-state index in [-0.39, 0.29) is 23.8 Å². The summed E-state index contributed by atoms with van der Waals surface area (Å²) in [5.74, 6) is -1.54. The van der Waals surface area contributed by atoms with Crippen LogP contribution in [0.5, 0.6) is 0 Å². The summed E-state index contributed by atoms with van der Waals surface area (Å²) >= 11 is 0. The minimum Gasteiger partial charge on any atom is -0.481 e. The summed E-state index contributed by atoms with van der Waals surface area (Å²) in [5, 5.41) is 12.2. The maximum Gasteiger partial charge on any atom is 0.307 e. The van der Waals surface area contributed by atoms with Gasteiger partial charge in [-0.3, -0.25) is 13.8 Å². The third kappa shape index (κ3) is 3.11. The maximum absolute atomic E-state index is 12.3. The smallest absolute Gasteiger partial charge is 0.307 e. The quantitative estimate of drug-likeness (QED) is 0.710. The van der Waals surface area contributed by atoms with Crippen molar-refractivity contribution in [1.29, 1.82) is 0 Å². The third-order valence-electron chi connectivity index (χ3n) is 4.27. The summed E-state index contributed by atoms with van der Waals surface area (Å²) in [4.78, 5) is 23.7. The molecule has 2 N–H and O–H groups in total. The first-order valence-corrected chi connectivity index (χ1v) is 8.64. The monoisotopic (exact) mass is 299 g/mol. The Kier molecular flexibility index (Phi) is 4.62. The number of allylic oxidation sites excluding steroid dienone is 2. The number of carboxylic acids is 1. The fourth-order valence-corrected chi connectivity index (χ4v) is 3.96. The van der Waals surface area contributed by atoms with Crippen molar-refractivity contribution < 1.29 is 18.9 Å². The molecule has 0 aromatic heterocycles. The van der Waals surface area contributed by atoms with Gasteiger partial charge in [0.1, 0.15) is 0 Å². The van der Waals surface area contributed by atoms with E-state index in [9.17, 15) is 18.9 Å². The predicted molar refractivity (Wildman–Crippen MR) is 76.5 cm³/mol. The van der Waals surface area contributed by atoms with Gasteiger partial charge in [-0.1, -0.05) is 12.2 Å². The fourth-order valence-electron chi connectivity index (χ4n) is 3.27. The second kappa shape index (κ2) is 6.08. The summed E-state index contributed by atoms with van der Waals surface area (Å²) in [6.45, 7) is 1.86. The lowest BCUT2D eigenvalue weighted by atomic mass is 9.82. The Morgan fingerprint density at radius 2 is 1.95 bits per heavy atom. The van der Waals surface area contributed by atoms with Crippen molar-refractivity contribution in [1.82, 2.24) is 5.32 Å². The molecule has 4 unspecified atom stereocenters. The zero-order valence-corrected chi connectivity index (χ0v) is 12.6. The number of fused-ring (bicyclic) bond motifs is 2. The number of nitrogens with one attached hydrogen (secondary N) is 1. The van der Waals surface area contributed by atoms with Crippen LogP contribution in [0.4, 0.5) is 0 Å². The van der Waals surface area contributed by atoms with Gasteiger partial charge in [0.25, 0.3) is 0 Å². The molecule has 2 rings (SSSR count). The molecule has 6 heteroatoms. The molecule has 2 aliphatic rings. The van der Waals surface area contributed by atoms with Crippen molar-refractivity contribution in [3.05, 3.63) is 12.2 Å². The first-order chi connectivity index (χ1) is 9.40. The second-order valence-corrected chi connectivity index (χ2v) is 7.37. The topological polar surface area (TPSA) is 83.5 Å². The molecule has 0 radical (unpaired) electrons. The van der Waals surface area contributed by atoms with Crippen molar-refractivity contribution in [2.24, 2.45) is 23.7 Å². The van der Waals surface area contributed by atoms with Crippen LogP contribution in [0.15, 0.2) is 12.2 Å². The highest BCUT2D eigenvalue weighted by Crippen LogP contribution is 2.48. The largest absolute Gasteiger partial charge is 0.481 e. The van der Waals surface area contributed by atoms with Gasteiger partial charge in [0.05, 0.1) is 11.8 Å².